The second-order valence-electron chi connectivity index (χ2n) is 4.64. The third-order valence-electron chi connectivity index (χ3n) is 2.89. The smallest absolute Gasteiger partial charge is 0.329 e. The summed E-state index contributed by atoms with van der Waals surface area (Å²) in [5.74, 6) is 0.697. The zero-order valence-corrected chi connectivity index (χ0v) is 14.0. The third-order valence-corrected chi connectivity index (χ3v) is 4.01. The standard InChI is InChI=1S/C15H13ClN4O3S/c16-11-3-5-12(6-4-11)22-7-8-23-14(21)10-20-18-15(17-19-20)13-2-1-9-24-13/h1-6,9H,7-8,10H2. The molecule has 0 aliphatic carbocycles. The molecular weight excluding hydrogens is 352 g/mol. The molecule has 7 nitrogen and oxygen atoms in total. The van der Waals surface area contributed by atoms with Crippen molar-refractivity contribution in [2.45, 2.75) is 6.54 Å². The molecule has 9 heteroatoms. The quantitative estimate of drug-likeness (QED) is 0.473. The highest BCUT2D eigenvalue weighted by molar-refractivity contribution is 7.13. The van der Waals surface area contributed by atoms with Crippen LogP contribution in [0.15, 0.2) is 41.8 Å². The molecule has 1 aromatic carbocycles. The number of rotatable bonds is 7. The van der Waals surface area contributed by atoms with E-state index in [1.54, 1.807) is 24.3 Å². The van der Waals surface area contributed by atoms with Crippen LogP contribution in [0.3, 0.4) is 0 Å². The van der Waals surface area contributed by atoms with E-state index in [0.29, 0.717) is 16.6 Å². The number of benzene rings is 1. The van der Waals surface area contributed by atoms with Crippen LogP contribution >= 0.6 is 22.9 Å². The lowest BCUT2D eigenvalue weighted by Crippen LogP contribution is -2.18. The summed E-state index contributed by atoms with van der Waals surface area (Å²) in [5.41, 5.74) is 0. The van der Waals surface area contributed by atoms with E-state index in [9.17, 15) is 4.79 Å². The van der Waals surface area contributed by atoms with Gasteiger partial charge in [0.1, 0.15) is 19.0 Å². The number of hydrogen-bond donors (Lipinski definition) is 0. The summed E-state index contributed by atoms with van der Waals surface area (Å²) in [4.78, 5) is 13.8. The molecule has 24 heavy (non-hydrogen) atoms. The van der Waals surface area contributed by atoms with E-state index in [2.05, 4.69) is 15.4 Å². The molecule has 0 aliphatic heterocycles. The maximum Gasteiger partial charge on any atom is 0.329 e. The molecule has 0 unspecified atom stereocenters. The average molecular weight is 365 g/mol. The highest BCUT2D eigenvalue weighted by Gasteiger charge is 2.10. The number of carbonyl (C=O) groups is 1. The Kier molecular flexibility index (Phi) is 5.39. The number of tetrazole rings is 1. The summed E-state index contributed by atoms with van der Waals surface area (Å²) in [6, 6.07) is 10.7. The Morgan fingerprint density at radius 3 is 2.79 bits per heavy atom. The van der Waals surface area contributed by atoms with E-state index in [-0.39, 0.29) is 19.8 Å². The van der Waals surface area contributed by atoms with Gasteiger partial charge < -0.3 is 9.47 Å². The number of carbonyl (C=O) groups excluding carboxylic acids is 1. The van der Waals surface area contributed by atoms with E-state index in [4.69, 9.17) is 21.1 Å². The Hall–Kier alpha value is -2.45. The number of ether oxygens (including phenoxy) is 2. The maximum absolute atomic E-state index is 11.7. The molecule has 0 amide bonds. The summed E-state index contributed by atoms with van der Waals surface area (Å²) < 4.78 is 10.5. The van der Waals surface area contributed by atoms with Crippen molar-refractivity contribution in [3.05, 3.63) is 46.8 Å². The first-order chi connectivity index (χ1) is 11.7. The molecule has 0 saturated carbocycles. The number of thiophene rings is 1. The highest BCUT2D eigenvalue weighted by atomic mass is 35.5. The largest absolute Gasteiger partial charge is 0.490 e. The molecule has 3 rings (SSSR count). The molecule has 3 aromatic rings. The van der Waals surface area contributed by atoms with Gasteiger partial charge in [0.25, 0.3) is 0 Å². The molecule has 0 spiro atoms. The number of esters is 1. The van der Waals surface area contributed by atoms with Crippen LogP contribution in [0, 0.1) is 0 Å². The van der Waals surface area contributed by atoms with Crippen molar-refractivity contribution in [2.75, 3.05) is 13.2 Å². The van der Waals surface area contributed by atoms with Gasteiger partial charge in [-0.2, -0.15) is 4.80 Å². The lowest BCUT2D eigenvalue weighted by Gasteiger charge is -2.07. The summed E-state index contributed by atoms with van der Waals surface area (Å²) in [6.07, 6.45) is 0. The van der Waals surface area contributed by atoms with Crippen molar-refractivity contribution in [3.8, 4) is 16.5 Å². The van der Waals surface area contributed by atoms with Crippen LogP contribution in [-0.2, 0) is 16.1 Å². The SMILES string of the molecule is O=C(Cn1nnc(-c2cccs2)n1)OCCOc1ccc(Cl)cc1. The normalized spacial score (nSPS) is 10.5. The van der Waals surface area contributed by atoms with Crippen molar-refractivity contribution in [2.24, 2.45) is 0 Å². The van der Waals surface area contributed by atoms with Gasteiger partial charge >= 0.3 is 5.97 Å². The van der Waals surface area contributed by atoms with Crippen LogP contribution in [0.5, 0.6) is 5.75 Å². The van der Waals surface area contributed by atoms with E-state index < -0.39 is 5.97 Å². The van der Waals surface area contributed by atoms with Gasteiger partial charge in [-0.15, -0.1) is 21.5 Å². The maximum atomic E-state index is 11.7. The van der Waals surface area contributed by atoms with Crippen LogP contribution in [0.2, 0.25) is 5.02 Å². The summed E-state index contributed by atoms with van der Waals surface area (Å²) in [7, 11) is 0. The number of aromatic nitrogens is 4. The summed E-state index contributed by atoms with van der Waals surface area (Å²) in [6.45, 7) is 0.284. The minimum Gasteiger partial charge on any atom is -0.490 e. The second kappa shape index (κ2) is 7.89. The third kappa shape index (κ3) is 4.53. The van der Waals surface area contributed by atoms with Crippen LogP contribution < -0.4 is 4.74 Å². The van der Waals surface area contributed by atoms with Crippen LogP contribution in [0.1, 0.15) is 0 Å². The first kappa shape index (κ1) is 16.4. The van der Waals surface area contributed by atoms with Gasteiger partial charge in [0.2, 0.25) is 5.82 Å². The number of nitrogens with zero attached hydrogens (tertiary/aromatic N) is 4. The minimum atomic E-state index is -0.454. The van der Waals surface area contributed by atoms with Crippen molar-refractivity contribution in [3.63, 3.8) is 0 Å². The van der Waals surface area contributed by atoms with Gasteiger partial charge in [0.15, 0.2) is 6.54 Å². The molecule has 2 aromatic heterocycles. The number of hydrogen-bond acceptors (Lipinski definition) is 7. The molecule has 0 radical (unpaired) electrons. The predicted molar refractivity (Wildman–Crippen MR) is 89.0 cm³/mol. The molecule has 2 heterocycles. The van der Waals surface area contributed by atoms with Gasteiger partial charge in [-0.3, -0.25) is 0 Å². The fourth-order valence-corrected chi connectivity index (χ4v) is 2.60. The predicted octanol–water partition coefficient (Wildman–Crippen LogP) is 2.68. The molecule has 0 saturated heterocycles. The zero-order chi connectivity index (χ0) is 16.8. The first-order valence-corrected chi connectivity index (χ1v) is 8.32. The van der Waals surface area contributed by atoms with Gasteiger partial charge in [-0.05, 0) is 40.9 Å². The van der Waals surface area contributed by atoms with Gasteiger partial charge in [0, 0.05) is 5.02 Å². The Morgan fingerprint density at radius 1 is 1.21 bits per heavy atom. The first-order valence-electron chi connectivity index (χ1n) is 7.06. The van der Waals surface area contributed by atoms with E-state index in [1.165, 1.54) is 16.1 Å². The lowest BCUT2D eigenvalue weighted by molar-refractivity contribution is -0.145. The minimum absolute atomic E-state index is 0.0979. The lowest BCUT2D eigenvalue weighted by atomic mass is 10.3. The molecule has 0 N–H and O–H groups in total. The molecule has 0 aliphatic rings. The van der Waals surface area contributed by atoms with Crippen LogP contribution in [-0.4, -0.2) is 39.4 Å². The highest BCUT2D eigenvalue weighted by Crippen LogP contribution is 2.19. The summed E-state index contributed by atoms with van der Waals surface area (Å²) >= 11 is 7.29. The van der Waals surface area contributed by atoms with Crippen molar-refractivity contribution in [1.29, 1.82) is 0 Å². The summed E-state index contributed by atoms with van der Waals surface area (Å²) in [5, 5.41) is 14.4. The molecule has 124 valence electrons. The van der Waals surface area contributed by atoms with Crippen molar-refractivity contribution in [1.82, 2.24) is 20.2 Å². The van der Waals surface area contributed by atoms with E-state index in [1.807, 2.05) is 17.5 Å². The van der Waals surface area contributed by atoms with E-state index >= 15 is 0 Å². The fourth-order valence-electron chi connectivity index (χ4n) is 1.82. The Labute approximate surface area is 146 Å². The molecule has 0 fully saturated rings. The Balaban J connectivity index is 1.40. The van der Waals surface area contributed by atoms with Crippen LogP contribution in [0.4, 0.5) is 0 Å². The van der Waals surface area contributed by atoms with Crippen molar-refractivity contribution >= 4 is 28.9 Å². The number of halogens is 1. The van der Waals surface area contributed by atoms with E-state index in [0.717, 1.165) is 4.88 Å². The van der Waals surface area contributed by atoms with Gasteiger partial charge in [-0.1, -0.05) is 17.7 Å². The van der Waals surface area contributed by atoms with Gasteiger partial charge in [0.05, 0.1) is 4.88 Å². The Morgan fingerprint density at radius 2 is 2.04 bits per heavy atom. The fraction of sp³-hybridized carbons (Fsp3) is 0.200. The van der Waals surface area contributed by atoms with Crippen molar-refractivity contribution < 1.29 is 14.3 Å². The Bertz CT molecular complexity index is 789. The second-order valence-corrected chi connectivity index (χ2v) is 6.03. The molecule has 0 atom stereocenters. The molecule has 0 bridgehead atoms. The topological polar surface area (TPSA) is 79.1 Å². The monoisotopic (exact) mass is 364 g/mol. The molecular formula is C15H13ClN4O3S. The zero-order valence-electron chi connectivity index (χ0n) is 12.5. The van der Waals surface area contributed by atoms with Gasteiger partial charge in [-0.25, -0.2) is 4.79 Å². The van der Waals surface area contributed by atoms with Crippen LogP contribution in [0.25, 0.3) is 10.7 Å². The average Bonchev–Trinajstić information content (AvgIpc) is 3.24.